The summed E-state index contributed by atoms with van der Waals surface area (Å²) < 4.78 is 3.94. The zero-order valence-electron chi connectivity index (χ0n) is 13.2. The van der Waals surface area contributed by atoms with Crippen molar-refractivity contribution in [1.29, 1.82) is 0 Å². The van der Waals surface area contributed by atoms with E-state index in [0.717, 1.165) is 18.7 Å². The van der Waals surface area contributed by atoms with Crippen LogP contribution in [0.2, 0.25) is 0 Å². The van der Waals surface area contributed by atoms with E-state index >= 15 is 0 Å². The van der Waals surface area contributed by atoms with Gasteiger partial charge in [0.15, 0.2) is 0 Å². The quantitative estimate of drug-likeness (QED) is 0.888. The molecule has 2 heterocycles. The fraction of sp³-hybridized carbons (Fsp3) is 0.500. The first-order valence-corrected chi connectivity index (χ1v) is 7.49. The van der Waals surface area contributed by atoms with E-state index in [1.807, 2.05) is 40.7 Å². The van der Waals surface area contributed by atoms with E-state index in [4.69, 9.17) is 0 Å². The van der Waals surface area contributed by atoms with E-state index < -0.39 is 0 Å². The number of aromatic nitrogens is 3. The highest BCUT2D eigenvalue weighted by atomic mass is 16.2. The minimum atomic E-state index is -0.0574. The molecular weight excluding hydrogens is 264 g/mol. The number of carbonyl (C=O) groups excluding carboxylic acids is 1. The fourth-order valence-electron chi connectivity index (χ4n) is 2.54. The van der Waals surface area contributed by atoms with Gasteiger partial charge in [-0.2, -0.15) is 0 Å². The second kappa shape index (κ2) is 6.61. The summed E-state index contributed by atoms with van der Waals surface area (Å²) >= 11 is 0. The largest absolute Gasteiger partial charge is 0.341 e. The van der Waals surface area contributed by atoms with Gasteiger partial charge in [-0.3, -0.25) is 4.79 Å². The molecule has 1 amide bonds. The van der Waals surface area contributed by atoms with E-state index in [-0.39, 0.29) is 18.0 Å². The van der Waals surface area contributed by atoms with Gasteiger partial charge >= 0.3 is 0 Å². The maximum absolute atomic E-state index is 12.6. The first-order chi connectivity index (χ1) is 10.0. The zero-order chi connectivity index (χ0) is 15.4. The summed E-state index contributed by atoms with van der Waals surface area (Å²) in [7, 11) is 1.95. The van der Waals surface area contributed by atoms with Gasteiger partial charge in [0, 0.05) is 31.7 Å². The van der Waals surface area contributed by atoms with Crippen LogP contribution in [0.4, 0.5) is 0 Å². The first-order valence-electron chi connectivity index (χ1n) is 7.49. The van der Waals surface area contributed by atoms with Crippen LogP contribution in [-0.2, 0) is 7.05 Å². The van der Waals surface area contributed by atoms with Crippen LogP contribution in [-0.4, -0.2) is 20.0 Å². The van der Waals surface area contributed by atoms with Crippen molar-refractivity contribution in [2.24, 2.45) is 7.05 Å². The van der Waals surface area contributed by atoms with Crippen molar-refractivity contribution < 1.29 is 4.79 Å². The number of nitrogens with zero attached hydrogens (tertiary/aromatic N) is 3. The standard InChI is InChI=1S/C16H24N4O/c1-5-7-13(15-17-9-11-19(15)4)18-16(21)14-8-6-10-20(14)12(2)3/h6,8-13H,5,7H2,1-4H3,(H,18,21). The monoisotopic (exact) mass is 288 g/mol. The molecule has 2 rings (SSSR count). The van der Waals surface area contributed by atoms with Crippen LogP contribution in [0.15, 0.2) is 30.7 Å². The SMILES string of the molecule is CCCC(NC(=O)c1cccn1C(C)C)c1nccn1C. The van der Waals surface area contributed by atoms with Crippen LogP contribution in [0.5, 0.6) is 0 Å². The predicted octanol–water partition coefficient (Wildman–Crippen LogP) is 3.07. The lowest BCUT2D eigenvalue weighted by molar-refractivity contribution is 0.0921. The Morgan fingerprint density at radius 3 is 2.71 bits per heavy atom. The van der Waals surface area contributed by atoms with Gasteiger partial charge in [0.1, 0.15) is 11.5 Å². The summed E-state index contributed by atoms with van der Waals surface area (Å²) in [6.07, 6.45) is 7.47. The summed E-state index contributed by atoms with van der Waals surface area (Å²) in [5.74, 6) is 0.850. The van der Waals surface area contributed by atoms with Crippen LogP contribution in [0.25, 0.3) is 0 Å². The van der Waals surface area contributed by atoms with E-state index in [1.54, 1.807) is 6.20 Å². The molecule has 0 radical (unpaired) electrons. The van der Waals surface area contributed by atoms with Gasteiger partial charge in [-0.05, 0) is 32.4 Å². The van der Waals surface area contributed by atoms with E-state index in [0.29, 0.717) is 5.69 Å². The highest BCUT2D eigenvalue weighted by Gasteiger charge is 2.20. The molecule has 1 N–H and O–H groups in total. The lowest BCUT2D eigenvalue weighted by Gasteiger charge is -2.19. The molecule has 0 fully saturated rings. The zero-order valence-corrected chi connectivity index (χ0v) is 13.2. The first kappa shape index (κ1) is 15.4. The van der Waals surface area contributed by atoms with Crippen LogP contribution in [0.1, 0.15) is 62.0 Å². The molecule has 0 aliphatic carbocycles. The number of hydrogen-bond donors (Lipinski definition) is 1. The molecule has 2 aromatic rings. The van der Waals surface area contributed by atoms with Crippen molar-refractivity contribution in [3.8, 4) is 0 Å². The number of aryl methyl sites for hydroxylation is 1. The third-order valence-electron chi connectivity index (χ3n) is 3.62. The lowest BCUT2D eigenvalue weighted by Crippen LogP contribution is -2.32. The minimum Gasteiger partial charge on any atom is -0.341 e. The number of hydrogen-bond acceptors (Lipinski definition) is 2. The molecule has 0 aromatic carbocycles. The van der Waals surface area contributed by atoms with Crippen molar-refractivity contribution >= 4 is 5.91 Å². The number of rotatable bonds is 6. The van der Waals surface area contributed by atoms with Gasteiger partial charge in [-0.25, -0.2) is 4.98 Å². The van der Waals surface area contributed by atoms with Crippen LogP contribution in [0, 0.1) is 0 Å². The normalized spacial score (nSPS) is 12.6. The lowest BCUT2D eigenvalue weighted by atomic mass is 10.1. The number of carbonyl (C=O) groups is 1. The Kier molecular flexibility index (Phi) is 4.83. The molecule has 0 bridgehead atoms. The Balaban J connectivity index is 2.19. The van der Waals surface area contributed by atoms with Crippen molar-refractivity contribution in [1.82, 2.24) is 19.4 Å². The molecule has 114 valence electrons. The van der Waals surface area contributed by atoms with Gasteiger partial charge in [-0.15, -0.1) is 0 Å². The second-order valence-electron chi connectivity index (χ2n) is 5.61. The Labute approximate surface area is 126 Å². The summed E-state index contributed by atoms with van der Waals surface area (Å²) in [6, 6.07) is 3.97. The molecule has 1 atom stereocenters. The molecule has 0 spiro atoms. The third kappa shape index (κ3) is 3.35. The second-order valence-corrected chi connectivity index (χ2v) is 5.61. The molecule has 21 heavy (non-hydrogen) atoms. The molecule has 5 nitrogen and oxygen atoms in total. The summed E-state index contributed by atoms with van der Waals surface area (Å²) in [5, 5.41) is 3.12. The average molecular weight is 288 g/mol. The molecule has 0 aliphatic heterocycles. The Bertz CT molecular complexity index is 597. The maximum atomic E-state index is 12.6. The van der Waals surface area contributed by atoms with E-state index in [9.17, 15) is 4.79 Å². The van der Waals surface area contributed by atoms with Crippen LogP contribution < -0.4 is 5.32 Å². The van der Waals surface area contributed by atoms with Gasteiger partial charge < -0.3 is 14.5 Å². The average Bonchev–Trinajstić information content (AvgIpc) is 3.06. The Morgan fingerprint density at radius 1 is 1.38 bits per heavy atom. The number of imidazole rings is 1. The number of nitrogens with one attached hydrogen (secondary N) is 1. The van der Waals surface area contributed by atoms with Crippen molar-refractivity contribution in [2.45, 2.75) is 45.7 Å². The Morgan fingerprint density at radius 2 is 2.14 bits per heavy atom. The fourth-order valence-corrected chi connectivity index (χ4v) is 2.54. The highest BCUT2D eigenvalue weighted by Crippen LogP contribution is 2.18. The van der Waals surface area contributed by atoms with Crippen molar-refractivity contribution in [3.05, 3.63) is 42.2 Å². The summed E-state index contributed by atoms with van der Waals surface area (Å²) in [4.78, 5) is 16.9. The molecule has 0 aliphatic rings. The van der Waals surface area contributed by atoms with Gasteiger partial charge in [0.05, 0.1) is 6.04 Å². The predicted molar refractivity (Wildman–Crippen MR) is 83.1 cm³/mol. The Hall–Kier alpha value is -2.04. The molecule has 1 unspecified atom stereocenters. The minimum absolute atomic E-state index is 0.0462. The molecule has 5 heteroatoms. The van der Waals surface area contributed by atoms with Crippen molar-refractivity contribution in [3.63, 3.8) is 0 Å². The third-order valence-corrected chi connectivity index (χ3v) is 3.62. The van der Waals surface area contributed by atoms with E-state index in [1.165, 1.54) is 0 Å². The molecular formula is C16H24N4O. The van der Waals surface area contributed by atoms with Gasteiger partial charge in [0.2, 0.25) is 0 Å². The summed E-state index contributed by atoms with van der Waals surface area (Å²) in [5.41, 5.74) is 0.695. The van der Waals surface area contributed by atoms with Crippen LogP contribution >= 0.6 is 0 Å². The molecule has 0 saturated carbocycles. The molecule has 0 saturated heterocycles. The topological polar surface area (TPSA) is 51.9 Å². The van der Waals surface area contributed by atoms with Crippen molar-refractivity contribution in [2.75, 3.05) is 0 Å². The smallest absolute Gasteiger partial charge is 0.268 e. The number of amides is 1. The van der Waals surface area contributed by atoms with Gasteiger partial charge in [-0.1, -0.05) is 13.3 Å². The van der Waals surface area contributed by atoms with Gasteiger partial charge in [0.25, 0.3) is 5.91 Å². The molecule has 2 aromatic heterocycles. The van der Waals surface area contributed by atoms with E-state index in [2.05, 4.69) is 31.1 Å². The summed E-state index contributed by atoms with van der Waals surface area (Å²) in [6.45, 7) is 6.25. The highest BCUT2D eigenvalue weighted by molar-refractivity contribution is 5.93. The van der Waals surface area contributed by atoms with Crippen LogP contribution in [0.3, 0.4) is 0 Å². The maximum Gasteiger partial charge on any atom is 0.268 e.